The molecule has 2 heterocycles. The maximum atomic E-state index is 7.53. The van der Waals surface area contributed by atoms with E-state index in [9.17, 15) is 0 Å². The number of anilines is 3. The molecule has 0 spiro atoms. The Morgan fingerprint density at radius 1 is 0.833 bits per heavy atom. The van der Waals surface area contributed by atoms with Gasteiger partial charge in [-0.3, -0.25) is 4.98 Å². The van der Waals surface area contributed by atoms with Crippen molar-refractivity contribution in [2.75, 3.05) is 11.1 Å². The zero-order chi connectivity index (χ0) is 20.5. The summed E-state index contributed by atoms with van der Waals surface area (Å²) in [5.41, 5.74) is 10.9. The smallest absolute Gasteiger partial charge is 0.182 e. The van der Waals surface area contributed by atoms with Crippen LogP contribution in [0.4, 0.5) is 17.2 Å². The molecular formula is C23H17N7. The van der Waals surface area contributed by atoms with Gasteiger partial charge in [0.1, 0.15) is 11.5 Å². The van der Waals surface area contributed by atoms with E-state index in [-0.39, 0.29) is 0 Å². The van der Waals surface area contributed by atoms with Crippen LogP contribution in [0.1, 0.15) is 5.56 Å². The fraction of sp³-hybridized carbons (Fsp3) is 0. The van der Waals surface area contributed by atoms with Gasteiger partial charge >= 0.3 is 0 Å². The highest BCUT2D eigenvalue weighted by molar-refractivity contribution is 5.93. The molecule has 0 saturated carbocycles. The topological polar surface area (TPSA) is 113 Å². The molecule has 3 aromatic carbocycles. The minimum absolute atomic E-state index is 0.483. The molecule has 4 N–H and O–H groups in total. The van der Waals surface area contributed by atoms with E-state index >= 15 is 0 Å². The Morgan fingerprint density at radius 3 is 2.43 bits per heavy atom. The summed E-state index contributed by atoms with van der Waals surface area (Å²) in [6, 6.07) is 20.9. The number of benzene rings is 3. The summed E-state index contributed by atoms with van der Waals surface area (Å²) in [5.74, 6) is 1.13. The summed E-state index contributed by atoms with van der Waals surface area (Å²) in [6.45, 7) is 0. The minimum atomic E-state index is 0.483. The lowest BCUT2D eigenvalue weighted by molar-refractivity contribution is 1.17. The molecule has 2 aromatic heterocycles. The summed E-state index contributed by atoms with van der Waals surface area (Å²) in [6.07, 6.45) is 2.92. The summed E-state index contributed by atoms with van der Waals surface area (Å²) in [5, 5.41) is 11.7. The van der Waals surface area contributed by atoms with Gasteiger partial charge in [0.15, 0.2) is 5.82 Å². The Kier molecular flexibility index (Phi) is 4.25. The second-order valence-electron chi connectivity index (χ2n) is 6.77. The van der Waals surface area contributed by atoms with Crippen molar-refractivity contribution in [3.8, 4) is 11.5 Å². The molecule has 144 valence electrons. The molecule has 0 aliphatic carbocycles. The van der Waals surface area contributed by atoms with Crippen LogP contribution in [0, 0.1) is 5.41 Å². The first-order valence-corrected chi connectivity index (χ1v) is 9.37. The molecule has 0 radical (unpaired) electrons. The molecule has 7 nitrogen and oxygen atoms in total. The molecule has 0 amide bonds. The van der Waals surface area contributed by atoms with Crippen molar-refractivity contribution >= 4 is 45.3 Å². The summed E-state index contributed by atoms with van der Waals surface area (Å²) < 4.78 is 0. The van der Waals surface area contributed by atoms with E-state index in [0.717, 1.165) is 27.6 Å². The Labute approximate surface area is 172 Å². The maximum Gasteiger partial charge on any atom is 0.182 e. The van der Waals surface area contributed by atoms with Gasteiger partial charge in [-0.2, -0.15) is 0 Å². The minimum Gasteiger partial charge on any atom is -0.398 e. The number of nitrogens with zero attached hydrogens (tertiary/aromatic N) is 4. The van der Waals surface area contributed by atoms with Gasteiger partial charge in [-0.05, 0) is 42.5 Å². The van der Waals surface area contributed by atoms with Gasteiger partial charge in [0.25, 0.3) is 0 Å². The molecule has 5 rings (SSSR count). The first kappa shape index (κ1) is 17.7. The van der Waals surface area contributed by atoms with E-state index in [0.29, 0.717) is 28.6 Å². The molecule has 0 fully saturated rings. The number of nitrogens with two attached hydrogens (primary N) is 1. The SMILES string of the molecule is N=Cc1cc(Nc2nc(-c3cnc4ccccc4n3)nc3ccccc23)ccc1N. The molecular weight excluding hydrogens is 374 g/mol. The van der Waals surface area contributed by atoms with E-state index in [2.05, 4.69) is 15.3 Å². The first-order valence-electron chi connectivity index (χ1n) is 9.37. The van der Waals surface area contributed by atoms with Crippen LogP contribution in [0.2, 0.25) is 0 Å². The molecule has 0 aliphatic heterocycles. The van der Waals surface area contributed by atoms with Crippen molar-refractivity contribution in [1.82, 2.24) is 19.9 Å². The standard InChI is InChI=1S/C23H17N7/c24-12-14-11-15(9-10-17(14)25)27-22-16-5-1-2-6-18(16)29-23(30-22)21-13-26-19-7-3-4-8-20(19)28-21/h1-13,24H,25H2,(H,27,29,30). The molecule has 0 unspecified atom stereocenters. The van der Waals surface area contributed by atoms with Gasteiger partial charge in [0, 0.05) is 28.5 Å². The zero-order valence-electron chi connectivity index (χ0n) is 15.9. The second-order valence-corrected chi connectivity index (χ2v) is 6.77. The largest absolute Gasteiger partial charge is 0.398 e. The van der Waals surface area contributed by atoms with Crippen LogP contribution in [0.5, 0.6) is 0 Å². The van der Waals surface area contributed by atoms with Crippen LogP contribution < -0.4 is 11.1 Å². The summed E-state index contributed by atoms with van der Waals surface area (Å²) >= 11 is 0. The van der Waals surface area contributed by atoms with E-state index < -0.39 is 0 Å². The maximum absolute atomic E-state index is 7.53. The van der Waals surface area contributed by atoms with Crippen molar-refractivity contribution in [1.29, 1.82) is 5.41 Å². The highest BCUT2D eigenvalue weighted by Crippen LogP contribution is 2.28. The molecule has 0 aliphatic rings. The van der Waals surface area contributed by atoms with E-state index in [1.54, 1.807) is 12.3 Å². The van der Waals surface area contributed by atoms with Crippen molar-refractivity contribution in [3.05, 3.63) is 78.5 Å². The van der Waals surface area contributed by atoms with Crippen molar-refractivity contribution in [2.24, 2.45) is 0 Å². The van der Waals surface area contributed by atoms with Gasteiger partial charge in [0.2, 0.25) is 0 Å². The quantitative estimate of drug-likeness (QED) is 0.306. The van der Waals surface area contributed by atoms with Crippen LogP contribution >= 0.6 is 0 Å². The predicted octanol–water partition coefficient (Wildman–Crippen LogP) is 4.56. The summed E-state index contributed by atoms with van der Waals surface area (Å²) in [4.78, 5) is 18.6. The van der Waals surface area contributed by atoms with Gasteiger partial charge in [-0.1, -0.05) is 24.3 Å². The van der Waals surface area contributed by atoms with Gasteiger partial charge in [-0.15, -0.1) is 0 Å². The lowest BCUT2D eigenvalue weighted by Gasteiger charge is -2.12. The van der Waals surface area contributed by atoms with Gasteiger partial charge < -0.3 is 16.5 Å². The average Bonchev–Trinajstić information content (AvgIpc) is 2.80. The number of aromatic nitrogens is 4. The Morgan fingerprint density at radius 2 is 1.60 bits per heavy atom. The first-order chi connectivity index (χ1) is 14.7. The monoisotopic (exact) mass is 391 g/mol. The van der Waals surface area contributed by atoms with Crippen molar-refractivity contribution in [2.45, 2.75) is 0 Å². The molecule has 5 aromatic rings. The van der Waals surface area contributed by atoms with E-state index in [1.807, 2.05) is 60.7 Å². The van der Waals surface area contributed by atoms with Gasteiger partial charge in [-0.25, -0.2) is 15.0 Å². The van der Waals surface area contributed by atoms with Crippen LogP contribution in [0.15, 0.2) is 72.9 Å². The number of para-hydroxylation sites is 3. The number of nitrogens with one attached hydrogen (secondary N) is 2. The molecule has 0 bridgehead atoms. The Bertz CT molecular complexity index is 1410. The van der Waals surface area contributed by atoms with E-state index in [4.69, 9.17) is 21.1 Å². The van der Waals surface area contributed by atoms with Crippen molar-refractivity contribution < 1.29 is 0 Å². The average molecular weight is 391 g/mol. The fourth-order valence-electron chi connectivity index (χ4n) is 3.27. The van der Waals surface area contributed by atoms with E-state index in [1.165, 1.54) is 6.21 Å². The highest BCUT2D eigenvalue weighted by Gasteiger charge is 2.12. The third-order valence-corrected chi connectivity index (χ3v) is 4.79. The molecule has 7 heteroatoms. The van der Waals surface area contributed by atoms with Crippen LogP contribution in [0.3, 0.4) is 0 Å². The third-order valence-electron chi connectivity index (χ3n) is 4.79. The number of fused-ring (bicyclic) bond motifs is 2. The van der Waals surface area contributed by atoms with Crippen LogP contribution in [-0.2, 0) is 0 Å². The molecule has 0 saturated heterocycles. The normalized spacial score (nSPS) is 10.9. The number of hydrogen-bond acceptors (Lipinski definition) is 7. The van der Waals surface area contributed by atoms with Crippen LogP contribution in [-0.4, -0.2) is 26.2 Å². The summed E-state index contributed by atoms with van der Waals surface area (Å²) in [7, 11) is 0. The number of nitrogen functional groups attached to an aromatic ring is 1. The second kappa shape index (κ2) is 7.21. The highest BCUT2D eigenvalue weighted by atomic mass is 15.0. The molecule has 0 atom stereocenters. The Hall–Kier alpha value is -4.39. The predicted molar refractivity (Wildman–Crippen MR) is 120 cm³/mol. The zero-order valence-corrected chi connectivity index (χ0v) is 15.9. The number of rotatable bonds is 4. The fourth-order valence-corrected chi connectivity index (χ4v) is 3.27. The van der Waals surface area contributed by atoms with Crippen LogP contribution in [0.25, 0.3) is 33.5 Å². The van der Waals surface area contributed by atoms with Gasteiger partial charge in [0.05, 0.1) is 22.7 Å². The van der Waals surface area contributed by atoms with Crippen molar-refractivity contribution in [3.63, 3.8) is 0 Å². The third kappa shape index (κ3) is 3.18. The molecule has 30 heavy (non-hydrogen) atoms. The lowest BCUT2D eigenvalue weighted by atomic mass is 10.1. The Balaban J connectivity index is 1.65. The number of hydrogen-bond donors (Lipinski definition) is 3. The lowest BCUT2D eigenvalue weighted by Crippen LogP contribution is -2.02.